The van der Waals surface area contributed by atoms with E-state index in [1.807, 2.05) is 0 Å². The summed E-state index contributed by atoms with van der Waals surface area (Å²) in [5, 5.41) is 0.295. The van der Waals surface area contributed by atoms with Crippen molar-refractivity contribution in [3.63, 3.8) is 0 Å². The van der Waals surface area contributed by atoms with Crippen LogP contribution in [0.1, 0.15) is 82.1 Å². The third-order valence-corrected chi connectivity index (χ3v) is 6.90. The maximum Gasteiger partial charge on any atom is 0.0731 e. The first-order valence-electron chi connectivity index (χ1n) is 9.44. The second-order valence-electron chi connectivity index (χ2n) is 11.2. The molecule has 0 aromatic heterocycles. The van der Waals surface area contributed by atoms with Gasteiger partial charge in [0.2, 0.25) is 0 Å². The highest BCUT2D eigenvalue weighted by molar-refractivity contribution is 7.56. The summed E-state index contributed by atoms with van der Waals surface area (Å²) in [4.78, 5) is 0. The van der Waals surface area contributed by atoms with Crippen molar-refractivity contribution in [2.75, 3.05) is 19.0 Å². The van der Waals surface area contributed by atoms with Crippen molar-refractivity contribution >= 4 is 22.3 Å². The Morgan fingerprint density at radius 3 is 1.74 bits per heavy atom. The Bertz CT molecular complexity index is 340. The molecule has 3 heteroatoms. The first kappa shape index (κ1) is 23.6. The Morgan fingerprint density at radius 1 is 0.783 bits per heavy atom. The topological polar surface area (TPSA) is 0 Å². The van der Waals surface area contributed by atoms with Crippen molar-refractivity contribution in [1.82, 2.24) is 0 Å². The second kappa shape index (κ2) is 8.78. The third kappa shape index (κ3) is 12.6. The standard InChI is InChI=1S/C20H43B2P/c1-12-23(11)16-19(7,8)14-18(5,6)15-21-22-20(9,10)13-17(2,3)4/h12-16H2,1-11H3. The van der Waals surface area contributed by atoms with Gasteiger partial charge in [-0.25, -0.2) is 0 Å². The van der Waals surface area contributed by atoms with Gasteiger partial charge in [0, 0.05) is 0 Å². The van der Waals surface area contributed by atoms with Crippen LogP contribution in [0.15, 0.2) is 0 Å². The van der Waals surface area contributed by atoms with E-state index in [4.69, 9.17) is 0 Å². The van der Waals surface area contributed by atoms with E-state index in [0.29, 0.717) is 21.6 Å². The van der Waals surface area contributed by atoms with Gasteiger partial charge in [-0.3, -0.25) is 0 Å². The molecule has 0 heterocycles. The van der Waals surface area contributed by atoms with Gasteiger partial charge < -0.3 is 0 Å². The maximum absolute atomic E-state index is 2.47. The molecular weight excluding hydrogens is 293 g/mol. The predicted octanol–water partition coefficient (Wildman–Crippen LogP) is 6.94. The minimum absolute atomic E-state index is 0.215. The summed E-state index contributed by atoms with van der Waals surface area (Å²) < 4.78 is 0. The lowest BCUT2D eigenvalue weighted by Gasteiger charge is -2.38. The summed E-state index contributed by atoms with van der Waals surface area (Å²) in [6, 6.07) is 0. The first-order chi connectivity index (χ1) is 10.1. The molecule has 0 saturated heterocycles. The molecule has 0 aliphatic carbocycles. The lowest BCUT2D eigenvalue weighted by molar-refractivity contribution is 0.237. The van der Waals surface area contributed by atoms with Gasteiger partial charge in [-0.05, 0) is 41.7 Å². The fourth-order valence-corrected chi connectivity index (χ4v) is 6.19. The summed E-state index contributed by atoms with van der Waals surface area (Å²) >= 11 is 0. The van der Waals surface area contributed by atoms with Gasteiger partial charge in [-0.2, -0.15) is 0 Å². The van der Waals surface area contributed by atoms with Crippen LogP contribution in [0.25, 0.3) is 0 Å². The van der Waals surface area contributed by atoms with Crippen molar-refractivity contribution in [3.8, 4) is 0 Å². The molecule has 23 heavy (non-hydrogen) atoms. The molecule has 0 nitrogen and oxygen atoms in total. The van der Waals surface area contributed by atoms with Crippen LogP contribution in [-0.4, -0.2) is 33.3 Å². The smallest absolute Gasteiger partial charge is 0.0731 e. The molecule has 0 rings (SSSR count). The monoisotopic (exact) mass is 336 g/mol. The van der Waals surface area contributed by atoms with Gasteiger partial charge in [0.25, 0.3) is 0 Å². The van der Waals surface area contributed by atoms with E-state index in [-0.39, 0.29) is 7.92 Å². The molecule has 0 saturated carbocycles. The van der Waals surface area contributed by atoms with Gasteiger partial charge in [0.1, 0.15) is 0 Å². The van der Waals surface area contributed by atoms with Crippen LogP contribution < -0.4 is 0 Å². The van der Waals surface area contributed by atoms with Crippen LogP contribution in [0.3, 0.4) is 0 Å². The zero-order chi connectivity index (χ0) is 18.5. The molecule has 0 aromatic rings. The SMILES string of the molecule is CCP(C)CC(C)(C)CC(C)(C)C[B][B]C(C)(C)CC(C)(C)C. The molecule has 0 aliphatic rings. The zero-order valence-electron chi connectivity index (χ0n) is 18.1. The number of hydrogen-bond donors (Lipinski definition) is 0. The summed E-state index contributed by atoms with van der Waals surface area (Å²) in [7, 11) is 5.13. The quantitative estimate of drug-likeness (QED) is 0.299. The molecule has 0 aliphatic heterocycles. The van der Waals surface area contributed by atoms with E-state index in [1.54, 1.807) is 0 Å². The molecule has 2 radical (unpaired) electrons. The molecule has 134 valence electrons. The van der Waals surface area contributed by atoms with Gasteiger partial charge in [0.15, 0.2) is 0 Å². The molecule has 0 bridgehead atoms. The van der Waals surface area contributed by atoms with Crippen molar-refractivity contribution in [2.45, 2.75) is 93.7 Å². The lowest BCUT2D eigenvalue weighted by Crippen LogP contribution is -2.30. The van der Waals surface area contributed by atoms with Gasteiger partial charge in [-0.1, -0.05) is 87.3 Å². The fraction of sp³-hybridized carbons (Fsp3) is 1.00. The minimum Gasteiger partial charge on any atom is -0.110 e. The Balaban J connectivity index is 4.42. The van der Waals surface area contributed by atoms with Gasteiger partial charge in [-0.15, -0.1) is 7.92 Å². The Hall–Kier alpha value is 0.560. The van der Waals surface area contributed by atoms with Crippen LogP contribution in [-0.2, 0) is 0 Å². The molecule has 0 aromatic carbocycles. The van der Waals surface area contributed by atoms with Crippen molar-refractivity contribution in [3.05, 3.63) is 0 Å². The van der Waals surface area contributed by atoms with Gasteiger partial charge >= 0.3 is 0 Å². The highest BCUT2D eigenvalue weighted by Gasteiger charge is 2.31. The van der Waals surface area contributed by atoms with Crippen LogP contribution in [0.5, 0.6) is 0 Å². The molecule has 0 spiro atoms. The molecule has 1 atom stereocenters. The van der Waals surface area contributed by atoms with Crippen molar-refractivity contribution < 1.29 is 0 Å². The van der Waals surface area contributed by atoms with E-state index in [0.717, 1.165) is 0 Å². The summed E-state index contributed by atoms with van der Waals surface area (Å²) in [5.74, 6) is 0. The van der Waals surface area contributed by atoms with E-state index in [9.17, 15) is 0 Å². The third-order valence-electron chi connectivity index (χ3n) is 4.42. The Kier molecular flexibility index (Phi) is 8.99. The lowest BCUT2D eigenvalue weighted by atomic mass is 9.25. The average Bonchev–Trinajstić information content (AvgIpc) is 2.21. The van der Waals surface area contributed by atoms with Crippen LogP contribution in [0.4, 0.5) is 0 Å². The second-order valence-corrected chi connectivity index (χ2v) is 13.8. The molecule has 0 fully saturated rings. The Morgan fingerprint density at radius 2 is 1.30 bits per heavy atom. The van der Waals surface area contributed by atoms with Crippen LogP contribution in [0, 0.1) is 16.2 Å². The normalized spacial score (nSPS) is 15.4. The summed E-state index contributed by atoms with van der Waals surface area (Å²) in [6.07, 6.45) is 6.51. The van der Waals surface area contributed by atoms with Gasteiger partial charge in [0.05, 0.1) is 14.3 Å². The molecule has 1 unspecified atom stereocenters. The predicted molar refractivity (Wildman–Crippen MR) is 115 cm³/mol. The average molecular weight is 336 g/mol. The van der Waals surface area contributed by atoms with E-state index in [1.165, 1.54) is 31.5 Å². The Labute approximate surface area is 151 Å². The molecule has 0 amide bonds. The zero-order valence-corrected chi connectivity index (χ0v) is 19.0. The van der Waals surface area contributed by atoms with E-state index < -0.39 is 0 Å². The van der Waals surface area contributed by atoms with E-state index >= 15 is 0 Å². The maximum atomic E-state index is 2.47. The van der Waals surface area contributed by atoms with Crippen molar-refractivity contribution in [1.29, 1.82) is 0 Å². The largest absolute Gasteiger partial charge is 0.110 e. The first-order valence-corrected chi connectivity index (χ1v) is 11.6. The molecule has 0 N–H and O–H groups in total. The fourth-order valence-electron chi connectivity index (χ4n) is 4.39. The summed E-state index contributed by atoms with van der Waals surface area (Å²) in [6.45, 7) is 26.4. The van der Waals surface area contributed by atoms with E-state index in [2.05, 4.69) is 90.2 Å². The summed E-state index contributed by atoms with van der Waals surface area (Å²) in [5.41, 5.74) is 1.25. The number of hydrogen-bond acceptors (Lipinski definition) is 0. The highest BCUT2D eigenvalue weighted by Crippen LogP contribution is 2.45. The van der Waals surface area contributed by atoms with Crippen molar-refractivity contribution in [2.24, 2.45) is 16.2 Å². The molecular formula is C20H43B2P. The van der Waals surface area contributed by atoms with Crippen LogP contribution in [0.2, 0.25) is 11.6 Å². The number of rotatable bonds is 10. The minimum atomic E-state index is 0.215. The van der Waals surface area contributed by atoms with Crippen LogP contribution >= 0.6 is 7.92 Å². The highest BCUT2D eigenvalue weighted by atomic mass is 31.1.